The van der Waals surface area contributed by atoms with Crippen LogP contribution in [0.1, 0.15) is 24.5 Å². The van der Waals surface area contributed by atoms with Crippen molar-refractivity contribution < 1.29 is 24.9 Å². The molecule has 5 heteroatoms. The topological polar surface area (TPSA) is 87.0 Å². The number of phenolic OH excluding ortho intramolecular Hbond substituents is 1. The van der Waals surface area contributed by atoms with Gasteiger partial charge in [-0.2, -0.15) is 0 Å². The first-order valence-corrected chi connectivity index (χ1v) is 5.82. The Morgan fingerprint density at radius 2 is 2.05 bits per heavy atom. The summed E-state index contributed by atoms with van der Waals surface area (Å²) >= 11 is 0. The van der Waals surface area contributed by atoms with E-state index in [9.17, 15) is 9.90 Å². The van der Waals surface area contributed by atoms with Crippen molar-refractivity contribution in [2.75, 3.05) is 6.61 Å². The van der Waals surface area contributed by atoms with Crippen LogP contribution in [-0.2, 0) is 16.0 Å². The van der Waals surface area contributed by atoms with Gasteiger partial charge in [-0.25, -0.2) is 4.79 Å². The van der Waals surface area contributed by atoms with Crippen molar-refractivity contribution in [3.05, 3.63) is 47.8 Å². The van der Waals surface area contributed by atoms with Crippen LogP contribution in [0.15, 0.2) is 30.4 Å². The molecule has 1 aromatic carbocycles. The molecule has 3 N–H and O–H groups in total. The molecule has 1 aromatic rings. The van der Waals surface area contributed by atoms with Gasteiger partial charge in [0, 0.05) is 5.57 Å². The summed E-state index contributed by atoms with van der Waals surface area (Å²) in [7, 11) is 0. The highest BCUT2D eigenvalue weighted by Crippen LogP contribution is 2.27. The second-order valence-electron chi connectivity index (χ2n) is 4.16. The van der Waals surface area contributed by atoms with E-state index in [1.165, 1.54) is 6.07 Å². The minimum Gasteiger partial charge on any atom is -0.507 e. The SMILES string of the molecule is C=C(C)C(=O)OCCCc1cccc([C](O)O)c1O. The number of aryl methyl sites for hydroxylation is 1. The van der Waals surface area contributed by atoms with Gasteiger partial charge in [0.05, 0.1) is 12.2 Å². The smallest absolute Gasteiger partial charge is 0.333 e. The number of para-hydroxylation sites is 1. The molecule has 0 saturated carbocycles. The average molecular weight is 265 g/mol. The number of carbonyl (C=O) groups is 1. The first-order chi connectivity index (χ1) is 8.93. The van der Waals surface area contributed by atoms with E-state index in [1.807, 2.05) is 0 Å². The Bertz CT molecular complexity index is 465. The van der Waals surface area contributed by atoms with Gasteiger partial charge in [-0.15, -0.1) is 0 Å². The molecule has 0 saturated heterocycles. The van der Waals surface area contributed by atoms with Crippen LogP contribution < -0.4 is 0 Å². The number of ether oxygens (including phenoxy) is 1. The maximum Gasteiger partial charge on any atom is 0.333 e. The maximum absolute atomic E-state index is 11.1. The van der Waals surface area contributed by atoms with E-state index >= 15 is 0 Å². The molecular weight excluding hydrogens is 248 g/mol. The van der Waals surface area contributed by atoms with Crippen molar-refractivity contribution in [1.29, 1.82) is 0 Å². The lowest BCUT2D eigenvalue weighted by molar-refractivity contribution is -0.139. The number of esters is 1. The van der Waals surface area contributed by atoms with Crippen LogP contribution >= 0.6 is 0 Å². The van der Waals surface area contributed by atoms with Crippen LogP contribution in [0, 0.1) is 6.29 Å². The summed E-state index contributed by atoms with van der Waals surface area (Å²) in [5.41, 5.74) is 0.880. The van der Waals surface area contributed by atoms with Gasteiger partial charge in [-0.1, -0.05) is 18.7 Å². The number of aromatic hydroxyl groups is 1. The van der Waals surface area contributed by atoms with E-state index in [2.05, 4.69) is 6.58 Å². The zero-order valence-corrected chi connectivity index (χ0v) is 10.7. The summed E-state index contributed by atoms with van der Waals surface area (Å²) in [4.78, 5) is 11.1. The summed E-state index contributed by atoms with van der Waals surface area (Å²) in [5.74, 6) is -0.618. The quantitative estimate of drug-likeness (QED) is 0.416. The third-order valence-electron chi connectivity index (χ3n) is 2.53. The van der Waals surface area contributed by atoms with Crippen molar-refractivity contribution in [3.63, 3.8) is 0 Å². The van der Waals surface area contributed by atoms with E-state index in [4.69, 9.17) is 14.9 Å². The van der Waals surface area contributed by atoms with Crippen molar-refractivity contribution in [2.45, 2.75) is 19.8 Å². The number of aliphatic hydroxyl groups is 2. The molecule has 0 unspecified atom stereocenters. The van der Waals surface area contributed by atoms with Crippen molar-refractivity contribution in [2.24, 2.45) is 0 Å². The summed E-state index contributed by atoms with van der Waals surface area (Å²) in [6.45, 7) is 5.24. The van der Waals surface area contributed by atoms with Crippen LogP contribution in [-0.4, -0.2) is 27.9 Å². The second kappa shape index (κ2) is 6.92. The highest BCUT2D eigenvalue weighted by atomic mass is 16.5. The Kier molecular flexibility index (Phi) is 5.54. The normalized spacial score (nSPS) is 10.5. The molecule has 103 valence electrons. The summed E-state index contributed by atoms with van der Waals surface area (Å²) in [6, 6.07) is 4.67. The Balaban J connectivity index is 2.52. The lowest BCUT2D eigenvalue weighted by Crippen LogP contribution is -2.07. The highest BCUT2D eigenvalue weighted by molar-refractivity contribution is 5.86. The van der Waals surface area contributed by atoms with Gasteiger partial charge in [0.25, 0.3) is 6.29 Å². The molecule has 1 radical (unpaired) electrons. The third kappa shape index (κ3) is 4.39. The van der Waals surface area contributed by atoms with Crippen molar-refractivity contribution >= 4 is 5.97 Å². The Hall–Kier alpha value is -1.85. The number of carbonyl (C=O) groups excluding carboxylic acids is 1. The second-order valence-corrected chi connectivity index (χ2v) is 4.16. The van der Waals surface area contributed by atoms with Crippen LogP contribution in [0.5, 0.6) is 5.75 Å². The van der Waals surface area contributed by atoms with Gasteiger partial charge in [0.1, 0.15) is 5.75 Å². The van der Waals surface area contributed by atoms with Gasteiger partial charge in [-0.05, 0) is 31.4 Å². The molecule has 0 heterocycles. The van der Waals surface area contributed by atoms with Gasteiger partial charge in [0.2, 0.25) is 0 Å². The molecule has 0 aromatic heterocycles. The zero-order chi connectivity index (χ0) is 14.4. The van der Waals surface area contributed by atoms with Crippen molar-refractivity contribution in [3.8, 4) is 5.75 Å². The fraction of sp³-hybridized carbons (Fsp3) is 0.286. The number of hydrogen-bond donors (Lipinski definition) is 3. The first kappa shape index (κ1) is 15.2. The maximum atomic E-state index is 11.1. The third-order valence-corrected chi connectivity index (χ3v) is 2.53. The van der Waals surface area contributed by atoms with Gasteiger partial charge >= 0.3 is 5.97 Å². The Labute approximate surface area is 111 Å². The molecule has 0 aliphatic carbocycles. The standard InChI is InChI=1S/C14H17O5/c1-9(2)14(18)19-8-4-6-10-5-3-7-11(12(10)15)13(16)17/h3,5,7,15-17H,1,4,6,8H2,2H3. The van der Waals surface area contributed by atoms with Gasteiger partial charge in [-0.3, -0.25) is 0 Å². The molecule has 0 amide bonds. The number of benzene rings is 1. The average Bonchev–Trinajstić information content (AvgIpc) is 2.35. The number of aliphatic hydroxyl groups excluding tert-OH is 1. The van der Waals surface area contributed by atoms with Crippen LogP contribution in [0.4, 0.5) is 0 Å². The predicted octanol–water partition coefficient (Wildman–Crippen LogP) is 2.03. The Morgan fingerprint density at radius 1 is 1.37 bits per heavy atom. The van der Waals surface area contributed by atoms with Gasteiger partial charge < -0.3 is 20.1 Å². The molecule has 0 aliphatic heterocycles. The lowest BCUT2D eigenvalue weighted by Gasteiger charge is -2.10. The molecule has 0 atom stereocenters. The molecule has 0 fully saturated rings. The minimum atomic E-state index is -0.923. The highest BCUT2D eigenvalue weighted by Gasteiger charge is 2.13. The fourth-order valence-electron chi connectivity index (χ4n) is 1.52. The van der Waals surface area contributed by atoms with E-state index in [0.29, 0.717) is 24.0 Å². The molecule has 0 aliphatic rings. The zero-order valence-electron chi connectivity index (χ0n) is 10.7. The van der Waals surface area contributed by atoms with Crippen LogP contribution in [0.3, 0.4) is 0 Å². The van der Waals surface area contributed by atoms with Crippen LogP contribution in [0.25, 0.3) is 0 Å². The summed E-state index contributed by atoms with van der Waals surface area (Å²) in [6.07, 6.45) is 0.0478. The molecular formula is C14H17O5. The summed E-state index contributed by atoms with van der Waals surface area (Å²) < 4.78 is 4.92. The van der Waals surface area contributed by atoms with Crippen molar-refractivity contribution in [1.82, 2.24) is 0 Å². The molecule has 5 nitrogen and oxygen atoms in total. The van der Waals surface area contributed by atoms with E-state index in [1.54, 1.807) is 19.1 Å². The Morgan fingerprint density at radius 3 is 2.63 bits per heavy atom. The summed E-state index contributed by atoms with van der Waals surface area (Å²) in [5, 5.41) is 27.7. The number of hydrogen-bond acceptors (Lipinski definition) is 5. The largest absolute Gasteiger partial charge is 0.507 e. The monoisotopic (exact) mass is 265 g/mol. The van der Waals surface area contributed by atoms with E-state index < -0.39 is 12.3 Å². The predicted molar refractivity (Wildman–Crippen MR) is 68.4 cm³/mol. The van der Waals surface area contributed by atoms with E-state index in [-0.39, 0.29) is 17.9 Å². The molecule has 0 spiro atoms. The minimum absolute atomic E-state index is 0.0172. The first-order valence-electron chi connectivity index (χ1n) is 5.82. The molecule has 0 bridgehead atoms. The molecule has 1 rings (SSSR count). The van der Waals surface area contributed by atoms with Crippen LogP contribution in [0.2, 0.25) is 0 Å². The molecule has 19 heavy (non-hydrogen) atoms. The van der Waals surface area contributed by atoms with E-state index in [0.717, 1.165) is 0 Å². The number of rotatable bonds is 6. The number of phenols is 1. The van der Waals surface area contributed by atoms with Gasteiger partial charge in [0.15, 0.2) is 0 Å². The fourth-order valence-corrected chi connectivity index (χ4v) is 1.52. The lowest BCUT2D eigenvalue weighted by atomic mass is 10.0.